The fourth-order valence-electron chi connectivity index (χ4n) is 2.11. The third-order valence-electron chi connectivity index (χ3n) is 3.43. The fourth-order valence-corrected chi connectivity index (χ4v) is 2.11. The lowest BCUT2D eigenvalue weighted by atomic mass is 10.2. The topological polar surface area (TPSA) is 80.0 Å². The molecule has 1 unspecified atom stereocenters. The predicted molar refractivity (Wildman–Crippen MR) is 101 cm³/mol. The van der Waals surface area contributed by atoms with Crippen molar-refractivity contribution in [3.05, 3.63) is 0 Å². The van der Waals surface area contributed by atoms with Gasteiger partial charge in [0.1, 0.15) is 5.60 Å². The normalized spacial score (nSPS) is 16.5. The molecule has 1 aliphatic rings. The molecule has 0 spiro atoms. The Morgan fingerprint density at radius 1 is 1.36 bits per heavy atom. The minimum atomic E-state index is -0.484. The van der Waals surface area contributed by atoms with Gasteiger partial charge in [0.2, 0.25) is 0 Å². The van der Waals surface area contributed by atoms with Crippen LogP contribution in [0.3, 0.4) is 0 Å². The van der Waals surface area contributed by atoms with Crippen LogP contribution in [0.25, 0.3) is 0 Å². The second kappa shape index (κ2) is 9.42. The van der Waals surface area contributed by atoms with E-state index in [1.165, 1.54) is 0 Å². The van der Waals surface area contributed by atoms with Crippen molar-refractivity contribution in [1.82, 2.24) is 10.2 Å². The van der Waals surface area contributed by atoms with E-state index in [9.17, 15) is 4.79 Å². The van der Waals surface area contributed by atoms with E-state index in [2.05, 4.69) is 10.3 Å². The zero-order chi connectivity index (χ0) is 16.0. The van der Waals surface area contributed by atoms with Gasteiger partial charge < -0.3 is 20.7 Å². The highest BCUT2D eigenvalue weighted by Crippen LogP contribution is 2.33. The van der Waals surface area contributed by atoms with E-state index in [1.54, 1.807) is 0 Å². The van der Waals surface area contributed by atoms with Gasteiger partial charge in [-0.25, -0.2) is 4.79 Å². The van der Waals surface area contributed by atoms with Gasteiger partial charge in [0, 0.05) is 13.1 Å². The summed E-state index contributed by atoms with van der Waals surface area (Å²) < 4.78 is 5.30. The number of nitrogens with one attached hydrogen (secondary N) is 1. The highest BCUT2D eigenvalue weighted by atomic mass is 127. The number of ether oxygens (including phenoxy) is 1. The predicted octanol–water partition coefficient (Wildman–Crippen LogP) is 2.56. The van der Waals surface area contributed by atoms with E-state index >= 15 is 0 Å². The average Bonchev–Trinajstić information content (AvgIpc) is 3.17. The third kappa shape index (κ3) is 8.05. The van der Waals surface area contributed by atoms with E-state index in [1.807, 2.05) is 39.5 Å². The van der Waals surface area contributed by atoms with Crippen molar-refractivity contribution in [3.63, 3.8) is 0 Å². The molecule has 7 heteroatoms. The second-order valence-electron chi connectivity index (χ2n) is 6.46. The maximum absolute atomic E-state index is 11.9. The molecule has 0 heterocycles. The molecule has 130 valence electrons. The summed E-state index contributed by atoms with van der Waals surface area (Å²) in [4.78, 5) is 18.3. The van der Waals surface area contributed by atoms with Crippen molar-refractivity contribution < 1.29 is 9.53 Å². The second-order valence-corrected chi connectivity index (χ2v) is 6.46. The summed E-state index contributed by atoms with van der Waals surface area (Å²) >= 11 is 0. The lowest BCUT2D eigenvalue weighted by Crippen LogP contribution is -2.43. The minimum absolute atomic E-state index is 0. The molecule has 0 radical (unpaired) electrons. The van der Waals surface area contributed by atoms with Gasteiger partial charge in [-0.05, 0) is 53.4 Å². The first-order valence-corrected chi connectivity index (χ1v) is 7.81. The Balaban J connectivity index is 0.00000441. The first-order chi connectivity index (χ1) is 9.76. The summed E-state index contributed by atoms with van der Waals surface area (Å²) in [6.07, 6.45) is 1.87. The van der Waals surface area contributed by atoms with E-state index < -0.39 is 5.60 Å². The van der Waals surface area contributed by atoms with Crippen LogP contribution in [0.1, 0.15) is 47.5 Å². The highest BCUT2D eigenvalue weighted by molar-refractivity contribution is 14.0. The Hall–Kier alpha value is -0.730. The maximum atomic E-state index is 11.9. The number of amides is 1. The molecule has 1 fully saturated rings. The SMILES string of the molecule is CCN(CC)C(N)=NCC(NC(=O)OC(C)(C)C)C1CC1.I. The lowest BCUT2D eigenvalue weighted by Gasteiger charge is -2.24. The van der Waals surface area contributed by atoms with Gasteiger partial charge in [-0.1, -0.05) is 0 Å². The molecule has 6 nitrogen and oxygen atoms in total. The zero-order valence-corrected chi connectivity index (χ0v) is 16.7. The number of rotatable bonds is 6. The number of hydrogen-bond acceptors (Lipinski definition) is 3. The summed E-state index contributed by atoms with van der Waals surface area (Å²) in [5, 5.41) is 2.92. The number of aliphatic imine (C=N–C) groups is 1. The third-order valence-corrected chi connectivity index (χ3v) is 3.43. The zero-order valence-electron chi connectivity index (χ0n) is 14.4. The standard InChI is InChI=1S/C15H30N4O2.HI/c1-6-19(7-2)13(16)17-10-12(11-8-9-11)18-14(20)21-15(3,4)5;/h11-12H,6-10H2,1-5H3,(H2,16,17)(H,18,20);1H. The van der Waals surface area contributed by atoms with Crippen molar-refractivity contribution in [3.8, 4) is 0 Å². The largest absolute Gasteiger partial charge is 0.444 e. The summed E-state index contributed by atoms with van der Waals surface area (Å²) in [6, 6.07) is 0.00830. The Morgan fingerprint density at radius 2 is 1.91 bits per heavy atom. The molecule has 22 heavy (non-hydrogen) atoms. The summed E-state index contributed by atoms with van der Waals surface area (Å²) in [5.74, 6) is 1.03. The van der Waals surface area contributed by atoms with Gasteiger partial charge in [0.05, 0.1) is 12.6 Å². The van der Waals surface area contributed by atoms with Gasteiger partial charge in [-0.15, -0.1) is 24.0 Å². The molecule has 0 aromatic carbocycles. The monoisotopic (exact) mass is 426 g/mol. The van der Waals surface area contributed by atoms with Gasteiger partial charge in [-0.3, -0.25) is 4.99 Å². The fraction of sp³-hybridized carbons (Fsp3) is 0.867. The number of nitrogens with zero attached hydrogens (tertiary/aromatic N) is 2. The molecular weight excluding hydrogens is 395 g/mol. The number of carbonyl (C=O) groups is 1. The van der Waals surface area contributed by atoms with Gasteiger partial charge >= 0.3 is 6.09 Å². The van der Waals surface area contributed by atoms with E-state index in [0.29, 0.717) is 18.4 Å². The van der Waals surface area contributed by atoms with Crippen LogP contribution >= 0.6 is 24.0 Å². The number of nitrogens with two attached hydrogens (primary N) is 1. The summed E-state index contributed by atoms with van der Waals surface area (Å²) in [6.45, 7) is 11.8. The number of guanidine groups is 1. The van der Waals surface area contributed by atoms with Crippen molar-refractivity contribution in [2.75, 3.05) is 19.6 Å². The van der Waals surface area contributed by atoms with Gasteiger partial charge in [0.15, 0.2) is 5.96 Å². The Bertz CT molecular complexity index is 374. The first-order valence-electron chi connectivity index (χ1n) is 7.81. The lowest BCUT2D eigenvalue weighted by molar-refractivity contribution is 0.0500. The van der Waals surface area contributed by atoms with Crippen LogP contribution in [-0.2, 0) is 4.74 Å². The molecule has 0 aromatic heterocycles. The Labute approximate surface area is 151 Å². The molecule has 0 bridgehead atoms. The van der Waals surface area contributed by atoms with Crippen LogP contribution in [0.5, 0.6) is 0 Å². The summed E-state index contributed by atoms with van der Waals surface area (Å²) in [7, 11) is 0. The molecule has 1 rings (SSSR count). The number of carbonyl (C=O) groups excluding carboxylic acids is 1. The average molecular weight is 426 g/mol. The molecule has 1 amide bonds. The van der Waals surface area contributed by atoms with Crippen LogP contribution in [0, 0.1) is 5.92 Å². The smallest absolute Gasteiger partial charge is 0.407 e. The highest BCUT2D eigenvalue weighted by Gasteiger charge is 2.33. The Morgan fingerprint density at radius 3 is 2.32 bits per heavy atom. The molecule has 0 aromatic rings. The molecule has 1 aliphatic carbocycles. The molecule has 3 N–H and O–H groups in total. The summed E-state index contributed by atoms with van der Waals surface area (Å²) in [5.41, 5.74) is 5.49. The van der Waals surface area contributed by atoms with Crippen LogP contribution in [0.15, 0.2) is 4.99 Å². The molecule has 1 saturated carbocycles. The Kier molecular flexibility index (Phi) is 9.11. The van der Waals surface area contributed by atoms with Crippen molar-refractivity contribution in [2.45, 2.75) is 59.1 Å². The molecule has 0 saturated heterocycles. The van der Waals surface area contributed by atoms with Crippen molar-refractivity contribution in [1.29, 1.82) is 0 Å². The number of hydrogen-bond donors (Lipinski definition) is 2. The van der Waals surface area contributed by atoms with E-state index in [-0.39, 0.29) is 36.1 Å². The van der Waals surface area contributed by atoms with Gasteiger partial charge in [-0.2, -0.15) is 0 Å². The van der Waals surface area contributed by atoms with Gasteiger partial charge in [0.25, 0.3) is 0 Å². The number of alkyl carbamates (subject to hydrolysis) is 1. The number of halogens is 1. The van der Waals surface area contributed by atoms with Crippen LogP contribution in [0.2, 0.25) is 0 Å². The quantitative estimate of drug-likeness (QED) is 0.389. The van der Waals surface area contributed by atoms with Crippen LogP contribution < -0.4 is 11.1 Å². The molecule has 1 atom stereocenters. The molecule has 0 aliphatic heterocycles. The van der Waals surface area contributed by atoms with Crippen molar-refractivity contribution in [2.24, 2.45) is 16.6 Å². The first kappa shape index (κ1) is 21.3. The maximum Gasteiger partial charge on any atom is 0.407 e. The molecular formula is C15H31IN4O2. The van der Waals surface area contributed by atoms with E-state index in [4.69, 9.17) is 10.5 Å². The van der Waals surface area contributed by atoms with Crippen molar-refractivity contribution >= 4 is 36.0 Å². The minimum Gasteiger partial charge on any atom is -0.444 e. The van der Waals surface area contributed by atoms with Crippen LogP contribution in [-0.4, -0.2) is 48.2 Å². The van der Waals surface area contributed by atoms with E-state index in [0.717, 1.165) is 25.9 Å². The van der Waals surface area contributed by atoms with Crippen LogP contribution in [0.4, 0.5) is 4.79 Å².